The number of hydrogen-bond donors (Lipinski definition) is 2. The molecule has 0 radical (unpaired) electrons. The molecule has 0 amide bonds. The molecule has 2 atom stereocenters. The van der Waals surface area contributed by atoms with E-state index < -0.39 is 20.2 Å². The maximum absolute atomic E-state index is 9.26. The van der Waals surface area contributed by atoms with Gasteiger partial charge in [-0.3, -0.25) is 0 Å². The van der Waals surface area contributed by atoms with Gasteiger partial charge in [-0.15, -0.1) is 0 Å². The second kappa shape index (κ2) is 10.4. The van der Waals surface area contributed by atoms with Crippen molar-refractivity contribution in [2.75, 3.05) is 13.2 Å². The van der Waals surface area contributed by atoms with E-state index in [1.54, 1.807) is 0 Å². The summed E-state index contributed by atoms with van der Waals surface area (Å²) in [7, 11) is 0. The van der Waals surface area contributed by atoms with Crippen molar-refractivity contribution in [2.45, 2.75) is 45.8 Å². The largest absolute Gasteiger partial charge is 0.365 e. The smallest absolute Gasteiger partial charge is 0.240 e. The van der Waals surface area contributed by atoms with E-state index in [9.17, 15) is 10.2 Å². The van der Waals surface area contributed by atoms with Gasteiger partial charge in [-0.2, -0.15) is 0 Å². The Labute approximate surface area is 148 Å². The molecule has 0 unspecified atom stereocenters. The molecule has 122 valence electrons. The summed E-state index contributed by atoms with van der Waals surface area (Å²) < 4.78 is 6.17. The fourth-order valence-electron chi connectivity index (χ4n) is 1.14. The molecule has 4 nitrogen and oxygen atoms in total. The quantitative estimate of drug-likeness (QED) is 0.342. The van der Waals surface area contributed by atoms with Crippen molar-refractivity contribution in [3.63, 3.8) is 0 Å². The molecule has 0 rings (SSSR count). The Morgan fingerprint density at radius 3 is 1.20 bits per heavy atom. The Morgan fingerprint density at radius 1 is 0.650 bits per heavy atom. The van der Waals surface area contributed by atoms with Gasteiger partial charge in [-0.05, 0) is 12.8 Å². The van der Waals surface area contributed by atoms with Crippen LogP contribution in [0.2, 0.25) is 0 Å². The Bertz CT molecular complexity index is 229. The molecule has 0 saturated carbocycles. The lowest BCUT2D eigenvalue weighted by atomic mass is 10.2. The minimum Gasteiger partial charge on any atom is -0.365 e. The molecule has 0 spiro atoms. The van der Waals surface area contributed by atoms with Gasteiger partial charge < -0.3 is 19.7 Å². The summed E-state index contributed by atoms with van der Waals surface area (Å²) in [6.07, 6.45) is 0.112. The third-order valence-electron chi connectivity index (χ3n) is 2.15. The predicted octanol–water partition coefficient (Wildman–Crippen LogP) is 3.96. The molecule has 2 N–H and O–H groups in total. The van der Waals surface area contributed by atoms with E-state index in [0.29, 0.717) is 12.8 Å². The van der Waals surface area contributed by atoms with E-state index in [-0.39, 0.29) is 13.2 Å². The lowest BCUT2D eigenvalue weighted by Gasteiger charge is -2.19. The van der Waals surface area contributed by atoms with Crippen LogP contribution in [0.4, 0.5) is 0 Å². The Hall–Kier alpha value is 1.58. The number of halogens is 6. The Kier molecular flexibility index (Phi) is 11.2. The number of alkyl halides is 6. The average Bonchev–Trinajstić information content (AvgIpc) is 2.29. The fraction of sp³-hybridized carbons (Fsp3) is 1.00. The summed E-state index contributed by atoms with van der Waals surface area (Å²) in [5.74, 6) is 0. The van der Waals surface area contributed by atoms with E-state index in [1.807, 2.05) is 0 Å². The first kappa shape index (κ1) is 21.6. The third kappa shape index (κ3) is 11.2. The molecule has 0 heterocycles. The van der Waals surface area contributed by atoms with Gasteiger partial charge in [0.05, 0.1) is 0 Å². The van der Waals surface area contributed by atoms with Crippen LogP contribution in [0, 0.1) is 0 Å². The number of ether oxygens (including phenoxy) is 2. The molecule has 0 saturated heterocycles. The van der Waals surface area contributed by atoms with Crippen LogP contribution in [0.5, 0.6) is 0 Å². The summed E-state index contributed by atoms with van der Waals surface area (Å²) in [6, 6.07) is 0. The molecule has 20 heavy (non-hydrogen) atoms. The van der Waals surface area contributed by atoms with Crippen LogP contribution in [-0.2, 0) is 9.47 Å². The van der Waals surface area contributed by atoms with Crippen LogP contribution >= 0.6 is 69.6 Å². The van der Waals surface area contributed by atoms with E-state index in [4.69, 9.17) is 79.1 Å². The summed E-state index contributed by atoms with van der Waals surface area (Å²) in [5, 5.41) is 18.5. The van der Waals surface area contributed by atoms with E-state index in [0.717, 1.165) is 12.8 Å². The van der Waals surface area contributed by atoms with Gasteiger partial charge in [-0.25, -0.2) is 0 Å². The van der Waals surface area contributed by atoms with Crippen molar-refractivity contribution in [1.29, 1.82) is 0 Å². The number of unbranched alkanes of at least 4 members (excludes halogenated alkanes) is 3. The van der Waals surface area contributed by atoms with E-state index in [1.165, 1.54) is 0 Å². The van der Waals surface area contributed by atoms with Crippen molar-refractivity contribution in [2.24, 2.45) is 0 Å². The van der Waals surface area contributed by atoms with E-state index >= 15 is 0 Å². The van der Waals surface area contributed by atoms with Gasteiger partial charge in [0.15, 0.2) is 0 Å². The van der Waals surface area contributed by atoms with E-state index in [2.05, 4.69) is 0 Å². The summed E-state index contributed by atoms with van der Waals surface area (Å²) >= 11 is 32.5. The number of rotatable bonds is 9. The highest BCUT2D eigenvalue weighted by Crippen LogP contribution is 2.31. The van der Waals surface area contributed by atoms with Crippen molar-refractivity contribution in [1.82, 2.24) is 0 Å². The maximum Gasteiger partial charge on any atom is 0.240 e. The second-order valence-corrected chi connectivity index (χ2v) is 8.68. The van der Waals surface area contributed by atoms with Crippen LogP contribution in [0.25, 0.3) is 0 Å². The van der Waals surface area contributed by atoms with Gasteiger partial charge in [0, 0.05) is 13.2 Å². The monoisotopic (exact) mass is 410 g/mol. The molecule has 10 heteroatoms. The highest BCUT2D eigenvalue weighted by Gasteiger charge is 2.32. The van der Waals surface area contributed by atoms with Crippen LogP contribution in [-0.4, -0.2) is 43.6 Å². The molecule has 0 aliphatic rings. The second-order valence-electron chi connectivity index (χ2n) is 3.94. The van der Waals surface area contributed by atoms with Gasteiger partial charge in [0.25, 0.3) is 0 Å². The lowest BCUT2D eigenvalue weighted by molar-refractivity contribution is -0.0990. The fourth-order valence-corrected chi connectivity index (χ4v) is 1.51. The zero-order valence-electron chi connectivity index (χ0n) is 10.4. The van der Waals surface area contributed by atoms with Gasteiger partial charge in [-0.1, -0.05) is 82.4 Å². The van der Waals surface area contributed by atoms with Crippen molar-refractivity contribution in [3.8, 4) is 0 Å². The molecule has 0 aliphatic carbocycles. The molecular formula is C10H16Cl6O4. The number of aliphatic hydroxyl groups is 2. The first-order valence-corrected chi connectivity index (χ1v) is 8.04. The molecule has 0 bridgehead atoms. The zero-order chi connectivity index (χ0) is 15.8. The highest BCUT2D eigenvalue weighted by molar-refractivity contribution is 6.68. The Balaban J connectivity index is 3.42. The predicted molar refractivity (Wildman–Crippen MR) is 83.0 cm³/mol. The summed E-state index contributed by atoms with van der Waals surface area (Å²) in [6.45, 7) is 0.541. The molecule has 0 fully saturated rings. The standard InChI is InChI=1S/C10H16Cl6O4/c11-9(12,13)7(17)19-5-3-1-2-4-6-20-8(18)10(14,15)16/h7-8,17-18H,1-6H2/t7-,8-/m1/s1. The SMILES string of the molecule is O[C@H](OCCCCCCO[C@@H](O)C(Cl)(Cl)Cl)C(Cl)(Cl)Cl. The first-order chi connectivity index (χ1) is 9.05. The first-order valence-electron chi connectivity index (χ1n) is 5.78. The number of aliphatic hydroxyl groups excluding tert-OH is 2. The van der Waals surface area contributed by atoms with Crippen molar-refractivity contribution >= 4 is 69.6 Å². The molecule has 0 aromatic carbocycles. The molecule has 0 aliphatic heterocycles. The van der Waals surface area contributed by atoms with Crippen LogP contribution in [0.1, 0.15) is 25.7 Å². The number of hydrogen-bond acceptors (Lipinski definition) is 4. The summed E-state index contributed by atoms with van der Waals surface area (Å²) in [5.41, 5.74) is 0. The molecular weight excluding hydrogens is 397 g/mol. The van der Waals surface area contributed by atoms with Crippen molar-refractivity contribution < 1.29 is 19.7 Å². The maximum atomic E-state index is 9.26. The zero-order valence-corrected chi connectivity index (χ0v) is 14.9. The van der Waals surface area contributed by atoms with Gasteiger partial charge in [0.1, 0.15) is 0 Å². The van der Waals surface area contributed by atoms with Crippen molar-refractivity contribution in [3.05, 3.63) is 0 Å². The topological polar surface area (TPSA) is 58.9 Å². The minimum atomic E-state index is -1.85. The van der Waals surface area contributed by atoms with Gasteiger partial charge >= 0.3 is 0 Å². The van der Waals surface area contributed by atoms with Gasteiger partial charge in [0.2, 0.25) is 20.2 Å². The van der Waals surface area contributed by atoms with Crippen LogP contribution in [0.15, 0.2) is 0 Å². The average molecular weight is 413 g/mol. The normalized spacial score (nSPS) is 16.2. The molecule has 0 aromatic rings. The lowest BCUT2D eigenvalue weighted by Crippen LogP contribution is -2.28. The highest BCUT2D eigenvalue weighted by atomic mass is 35.6. The third-order valence-corrected chi connectivity index (χ3v) is 3.27. The van der Waals surface area contributed by atoms with Crippen LogP contribution < -0.4 is 0 Å². The molecule has 0 aromatic heterocycles. The van der Waals surface area contributed by atoms with Crippen LogP contribution in [0.3, 0.4) is 0 Å². The summed E-state index contributed by atoms with van der Waals surface area (Å²) in [4.78, 5) is 0. The minimum absolute atomic E-state index is 0.271. The Morgan fingerprint density at radius 2 is 0.950 bits per heavy atom.